The summed E-state index contributed by atoms with van der Waals surface area (Å²) < 4.78 is 0. The summed E-state index contributed by atoms with van der Waals surface area (Å²) in [5, 5.41) is 6.73. The first-order valence-corrected chi connectivity index (χ1v) is 8.73. The van der Waals surface area contributed by atoms with E-state index >= 15 is 0 Å². The molecule has 0 atom stereocenters. The van der Waals surface area contributed by atoms with Gasteiger partial charge in [0.25, 0.3) is 5.91 Å². The quantitative estimate of drug-likeness (QED) is 0.818. The topological polar surface area (TPSA) is 66.9 Å². The van der Waals surface area contributed by atoms with E-state index in [1.165, 1.54) is 31.7 Å². The van der Waals surface area contributed by atoms with Crippen LogP contribution in [0.3, 0.4) is 0 Å². The molecule has 5 nitrogen and oxygen atoms in total. The molecule has 1 amide bonds. The molecule has 2 aromatic rings. The Labute approximate surface area is 150 Å². The smallest absolute Gasteiger partial charge is 0.258 e. The molecule has 24 heavy (non-hydrogen) atoms. The minimum atomic E-state index is -0.330. The number of aromatic nitrogens is 2. The van der Waals surface area contributed by atoms with Crippen LogP contribution in [-0.4, -0.2) is 21.9 Å². The molecule has 1 saturated carbocycles. The molecule has 2 N–H and O–H groups in total. The van der Waals surface area contributed by atoms with E-state index in [0.29, 0.717) is 33.3 Å². The molecule has 7 heteroatoms. The first-order valence-electron chi connectivity index (χ1n) is 7.97. The van der Waals surface area contributed by atoms with Crippen LogP contribution in [0, 0.1) is 0 Å². The Morgan fingerprint density at radius 1 is 1.08 bits per heavy atom. The molecule has 0 aliphatic heterocycles. The van der Waals surface area contributed by atoms with Crippen LogP contribution in [0.5, 0.6) is 0 Å². The number of hydrogen-bond acceptors (Lipinski definition) is 4. The number of carbonyl (C=O) groups excluding carboxylic acids is 1. The Bertz CT molecular complexity index is 715. The molecule has 1 aliphatic rings. The number of hydrogen-bond donors (Lipinski definition) is 2. The van der Waals surface area contributed by atoms with E-state index in [9.17, 15) is 4.79 Å². The molecule has 1 fully saturated rings. The third-order valence-electron chi connectivity index (χ3n) is 4.05. The fourth-order valence-electron chi connectivity index (χ4n) is 2.74. The van der Waals surface area contributed by atoms with Crippen LogP contribution in [0.25, 0.3) is 0 Å². The van der Waals surface area contributed by atoms with Gasteiger partial charge in [0, 0.05) is 18.4 Å². The molecule has 0 bridgehead atoms. The van der Waals surface area contributed by atoms with Gasteiger partial charge < -0.3 is 10.6 Å². The number of anilines is 2. The van der Waals surface area contributed by atoms with Crippen LogP contribution < -0.4 is 10.6 Å². The van der Waals surface area contributed by atoms with E-state index in [4.69, 9.17) is 23.2 Å². The number of halogens is 2. The second kappa shape index (κ2) is 7.81. The lowest BCUT2D eigenvalue weighted by Gasteiger charge is -2.22. The van der Waals surface area contributed by atoms with Gasteiger partial charge in [0.15, 0.2) is 0 Å². The summed E-state index contributed by atoms with van der Waals surface area (Å²) in [6.07, 6.45) is 9.05. The first-order chi connectivity index (χ1) is 11.6. The van der Waals surface area contributed by atoms with Gasteiger partial charge >= 0.3 is 0 Å². The van der Waals surface area contributed by atoms with Gasteiger partial charge in [-0.05, 0) is 25.0 Å². The number of amides is 1. The summed E-state index contributed by atoms with van der Waals surface area (Å²) in [5.41, 5.74) is 0.818. The average Bonchev–Trinajstić information content (AvgIpc) is 2.60. The van der Waals surface area contributed by atoms with Crippen LogP contribution in [0.15, 0.2) is 30.6 Å². The lowest BCUT2D eigenvalue weighted by atomic mass is 9.96. The normalized spacial score (nSPS) is 15.1. The summed E-state index contributed by atoms with van der Waals surface area (Å²) >= 11 is 12.0. The van der Waals surface area contributed by atoms with Crippen molar-refractivity contribution in [3.63, 3.8) is 0 Å². The highest BCUT2D eigenvalue weighted by Gasteiger charge is 2.15. The monoisotopic (exact) mass is 364 g/mol. The van der Waals surface area contributed by atoms with E-state index in [1.54, 1.807) is 18.2 Å². The van der Waals surface area contributed by atoms with Gasteiger partial charge in [0.05, 0.1) is 21.3 Å². The van der Waals surface area contributed by atoms with E-state index in [2.05, 4.69) is 20.6 Å². The van der Waals surface area contributed by atoms with Crippen molar-refractivity contribution in [2.24, 2.45) is 0 Å². The van der Waals surface area contributed by atoms with Crippen molar-refractivity contribution in [1.82, 2.24) is 9.97 Å². The highest BCUT2D eigenvalue weighted by Crippen LogP contribution is 2.29. The van der Waals surface area contributed by atoms with E-state index in [1.807, 2.05) is 0 Å². The average molecular weight is 365 g/mol. The predicted octanol–water partition coefficient (Wildman–Crippen LogP) is 4.78. The molecule has 3 rings (SSSR count). The van der Waals surface area contributed by atoms with Crippen molar-refractivity contribution >= 4 is 40.7 Å². The van der Waals surface area contributed by atoms with Crippen LogP contribution in [0.1, 0.15) is 42.5 Å². The zero-order valence-corrected chi connectivity index (χ0v) is 14.6. The first kappa shape index (κ1) is 17.0. The summed E-state index contributed by atoms with van der Waals surface area (Å²) in [7, 11) is 0. The maximum Gasteiger partial charge on any atom is 0.258 e. The Morgan fingerprint density at radius 3 is 2.50 bits per heavy atom. The second-order valence-corrected chi connectivity index (χ2v) is 6.62. The molecule has 1 heterocycles. The maximum absolute atomic E-state index is 12.3. The fraction of sp³-hybridized carbons (Fsp3) is 0.353. The molecule has 1 aromatic carbocycles. The SMILES string of the molecule is O=C(Nc1cccc(Cl)c1Cl)c1cnc(NC2CCCCC2)nc1. The lowest BCUT2D eigenvalue weighted by Crippen LogP contribution is -2.23. The van der Waals surface area contributed by atoms with Gasteiger partial charge in [-0.2, -0.15) is 0 Å². The van der Waals surface area contributed by atoms with Gasteiger partial charge in [-0.1, -0.05) is 48.5 Å². The highest BCUT2D eigenvalue weighted by atomic mass is 35.5. The maximum atomic E-state index is 12.3. The standard InChI is InChI=1S/C17H18Cl2N4O/c18-13-7-4-8-14(15(13)19)23-16(24)11-9-20-17(21-10-11)22-12-5-2-1-3-6-12/h4,7-10,12H,1-3,5-6H2,(H,23,24)(H,20,21,22). The Hall–Kier alpha value is -1.85. The van der Waals surface area contributed by atoms with Crippen molar-refractivity contribution in [3.05, 3.63) is 46.2 Å². The summed E-state index contributed by atoms with van der Waals surface area (Å²) in [4.78, 5) is 20.7. The minimum Gasteiger partial charge on any atom is -0.351 e. The number of nitrogens with zero attached hydrogens (tertiary/aromatic N) is 2. The van der Waals surface area contributed by atoms with Crippen molar-refractivity contribution in [3.8, 4) is 0 Å². The Kier molecular flexibility index (Phi) is 5.53. The van der Waals surface area contributed by atoms with Crippen molar-refractivity contribution < 1.29 is 4.79 Å². The lowest BCUT2D eigenvalue weighted by molar-refractivity contribution is 0.102. The van der Waals surface area contributed by atoms with Gasteiger partial charge in [0.2, 0.25) is 5.95 Å². The second-order valence-electron chi connectivity index (χ2n) is 5.83. The minimum absolute atomic E-state index is 0.309. The van der Waals surface area contributed by atoms with Crippen LogP contribution in [0.2, 0.25) is 10.0 Å². The van der Waals surface area contributed by atoms with E-state index in [-0.39, 0.29) is 5.91 Å². The van der Waals surface area contributed by atoms with Gasteiger partial charge in [-0.3, -0.25) is 4.79 Å². The zero-order chi connectivity index (χ0) is 16.9. The Balaban J connectivity index is 1.64. The molecule has 0 spiro atoms. The summed E-state index contributed by atoms with van der Waals surface area (Å²) in [6, 6.07) is 5.49. The van der Waals surface area contributed by atoms with Gasteiger partial charge in [-0.25, -0.2) is 9.97 Å². The molecule has 0 radical (unpaired) electrons. The molecule has 1 aromatic heterocycles. The predicted molar refractivity (Wildman–Crippen MR) is 96.9 cm³/mol. The third-order valence-corrected chi connectivity index (χ3v) is 4.87. The number of benzene rings is 1. The van der Waals surface area contributed by atoms with E-state index < -0.39 is 0 Å². The van der Waals surface area contributed by atoms with Crippen LogP contribution in [-0.2, 0) is 0 Å². The van der Waals surface area contributed by atoms with Crippen LogP contribution in [0.4, 0.5) is 11.6 Å². The van der Waals surface area contributed by atoms with Crippen molar-refractivity contribution in [2.75, 3.05) is 10.6 Å². The summed E-state index contributed by atoms with van der Waals surface area (Å²) in [5.74, 6) is 0.225. The molecule has 1 aliphatic carbocycles. The molecular formula is C17H18Cl2N4O. The third kappa shape index (κ3) is 4.16. The molecular weight excluding hydrogens is 347 g/mol. The van der Waals surface area contributed by atoms with Crippen molar-refractivity contribution in [1.29, 1.82) is 0 Å². The van der Waals surface area contributed by atoms with Crippen LogP contribution >= 0.6 is 23.2 Å². The fourth-order valence-corrected chi connectivity index (χ4v) is 3.09. The Morgan fingerprint density at radius 2 is 1.79 bits per heavy atom. The molecule has 0 unspecified atom stereocenters. The van der Waals surface area contributed by atoms with Gasteiger partial charge in [-0.15, -0.1) is 0 Å². The number of carbonyl (C=O) groups is 1. The largest absolute Gasteiger partial charge is 0.351 e. The molecule has 126 valence electrons. The highest BCUT2D eigenvalue weighted by molar-refractivity contribution is 6.44. The number of nitrogens with one attached hydrogen (secondary N) is 2. The summed E-state index contributed by atoms with van der Waals surface area (Å²) in [6.45, 7) is 0. The molecule has 0 saturated heterocycles. The van der Waals surface area contributed by atoms with Crippen molar-refractivity contribution in [2.45, 2.75) is 38.1 Å². The number of rotatable bonds is 4. The zero-order valence-electron chi connectivity index (χ0n) is 13.1. The van der Waals surface area contributed by atoms with E-state index in [0.717, 1.165) is 12.8 Å². The van der Waals surface area contributed by atoms with Gasteiger partial charge in [0.1, 0.15) is 0 Å².